The van der Waals surface area contributed by atoms with Crippen molar-refractivity contribution in [2.24, 2.45) is 5.73 Å². The molecule has 1 atom stereocenters. The largest absolute Gasteiger partial charge is 0.381 e. The molecule has 1 fully saturated rings. The highest BCUT2D eigenvalue weighted by Crippen LogP contribution is 2.22. The summed E-state index contributed by atoms with van der Waals surface area (Å²) in [7, 11) is 0. The Morgan fingerprint density at radius 3 is 3.00 bits per heavy atom. The Labute approximate surface area is 90.4 Å². The van der Waals surface area contributed by atoms with Gasteiger partial charge in [0.1, 0.15) is 0 Å². The van der Waals surface area contributed by atoms with Gasteiger partial charge >= 0.3 is 0 Å². The second kappa shape index (κ2) is 4.77. The smallest absolute Gasteiger partial charge is 0.0563 e. The van der Waals surface area contributed by atoms with Crippen molar-refractivity contribution in [2.75, 3.05) is 19.8 Å². The molecule has 0 aromatic carbocycles. The predicted molar refractivity (Wildman–Crippen MR) is 58.8 cm³/mol. The molecule has 2 rings (SSSR count). The topological polar surface area (TPSA) is 53.1 Å². The zero-order valence-electron chi connectivity index (χ0n) is 9.22. The second-order valence-electron chi connectivity index (χ2n) is 4.23. The lowest BCUT2D eigenvalue weighted by molar-refractivity contribution is 0.0662. The molecule has 0 spiro atoms. The second-order valence-corrected chi connectivity index (χ2v) is 4.23. The van der Waals surface area contributed by atoms with E-state index in [0.29, 0.717) is 18.5 Å². The number of nitrogens with zero attached hydrogens (tertiary/aromatic N) is 2. The van der Waals surface area contributed by atoms with Crippen LogP contribution in [0, 0.1) is 0 Å². The molecule has 1 saturated heterocycles. The standard InChI is InChI=1S/C11H19N3O/c1-9(6-12)10-7-13-14(8-10)11-2-4-15-5-3-11/h7-9,11H,2-6,12H2,1H3. The monoisotopic (exact) mass is 209 g/mol. The van der Waals surface area contributed by atoms with Crippen molar-refractivity contribution in [2.45, 2.75) is 31.7 Å². The van der Waals surface area contributed by atoms with Crippen molar-refractivity contribution in [1.82, 2.24) is 9.78 Å². The van der Waals surface area contributed by atoms with E-state index in [1.165, 1.54) is 5.56 Å². The Morgan fingerprint density at radius 2 is 2.33 bits per heavy atom. The minimum Gasteiger partial charge on any atom is -0.381 e. The van der Waals surface area contributed by atoms with Crippen LogP contribution >= 0.6 is 0 Å². The Morgan fingerprint density at radius 1 is 1.60 bits per heavy atom. The van der Waals surface area contributed by atoms with Crippen LogP contribution < -0.4 is 5.73 Å². The van der Waals surface area contributed by atoms with Crippen molar-refractivity contribution >= 4 is 0 Å². The zero-order valence-corrected chi connectivity index (χ0v) is 9.22. The molecule has 2 heterocycles. The Bertz CT molecular complexity index is 305. The van der Waals surface area contributed by atoms with Gasteiger partial charge in [-0.3, -0.25) is 4.68 Å². The highest BCUT2D eigenvalue weighted by Gasteiger charge is 2.17. The summed E-state index contributed by atoms with van der Waals surface area (Å²) in [6.45, 7) is 4.52. The summed E-state index contributed by atoms with van der Waals surface area (Å²) in [6, 6.07) is 0.512. The molecular weight excluding hydrogens is 190 g/mol. The average Bonchev–Trinajstić information content (AvgIpc) is 2.78. The van der Waals surface area contributed by atoms with E-state index >= 15 is 0 Å². The van der Waals surface area contributed by atoms with Crippen LogP contribution in [0.15, 0.2) is 12.4 Å². The number of ether oxygens (including phenoxy) is 1. The Hall–Kier alpha value is -0.870. The van der Waals surface area contributed by atoms with Gasteiger partial charge in [-0.1, -0.05) is 6.92 Å². The number of hydrogen-bond donors (Lipinski definition) is 1. The SMILES string of the molecule is CC(CN)c1cnn(C2CCOCC2)c1. The van der Waals surface area contributed by atoms with Gasteiger partial charge in [0, 0.05) is 19.4 Å². The number of rotatable bonds is 3. The summed E-state index contributed by atoms with van der Waals surface area (Å²) >= 11 is 0. The van der Waals surface area contributed by atoms with Crippen LogP contribution in [-0.4, -0.2) is 29.5 Å². The molecule has 1 aliphatic rings. The van der Waals surface area contributed by atoms with E-state index in [9.17, 15) is 0 Å². The molecule has 0 saturated carbocycles. The van der Waals surface area contributed by atoms with Gasteiger partial charge in [-0.15, -0.1) is 0 Å². The molecule has 0 amide bonds. The summed E-state index contributed by atoms with van der Waals surface area (Å²) in [5, 5.41) is 4.41. The van der Waals surface area contributed by atoms with E-state index in [4.69, 9.17) is 10.5 Å². The van der Waals surface area contributed by atoms with E-state index in [1.807, 2.05) is 6.20 Å². The van der Waals surface area contributed by atoms with Crippen LogP contribution in [0.25, 0.3) is 0 Å². The minimum atomic E-state index is 0.401. The summed E-state index contributed by atoms with van der Waals surface area (Å²) in [5.41, 5.74) is 6.87. The molecule has 1 aromatic rings. The Kier molecular flexibility index (Phi) is 3.38. The summed E-state index contributed by atoms with van der Waals surface area (Å²) in [5.74, 6) is 0.401. The minimum absolute atomic E-state index is 0.401. The zero-order chi connectivity index (χ0) is 10.7. The first-order valence-corrected chi connectivity index (χ1v) is 5.63. The fourth-order valence-corrected chi connectivity index (χ4v) is 1.89. The van der Waals surface area contributed by atoms with Crippen LogP contribution in [0.4, 0.5) is 0 Å². The van der Waals surface area contributed by atoms with Gasteiger partial charge in [-0.05, 0) is 30.9 Å². The van der Waals surface area contributed by atoms with E-state index in [2.05, 4.69) is 22.9 Å². The van der Waals surface area contributed by atoms with E-state index in [-0.39, 0.29) is 0 Å². The van der Waals surface area contributed by atoms with Crippen LogP contribution in [0.5, 0.6) is 0 Å². The first-order chi connectivity index (χ1) is 7.31. The Balaban J connectivity index is 2.05. The lowest BCUT2D eigenvalue weighted by atomic mass is 10.1. The lowest BCUT2D eigenvalue weighted by Gasteiger charge is -2.22. The summed E-state index contributed by atoms with van der Waals surface area (Å²) in [6.07, 6.45) is 6.21. The van der Waals surface area contributed by atoms with Gasteiger partial charge in [0.2, 0.25) is 0 Å². The molecule has 0 bridgehead atoms. The molecule has 1 aliphatic heterocycles. The van der Waals surface area contributed by atoms with Crippen molar-refractivity contribution in [3.63, 3.8) is 0 Å². The lowest BCUT2D eigenvalue weighted by Crippen LogP contribution is -2.19. The van der Waals surface area contributed by atoms with E-state index in [0.717, 1.165) is 26.1 Å². The van der Waals surface area contributed by atoms with Gasteiger partial charge in [0.05, 0.1) is 12.2 Å². The highest BCUT2D eigenvalue weighted by atomic mass is 16.5. The molecule has 1 unspecified atom stereocenters. The van der Waals surface area contributed by atoms with E-state index in [1.54, 1.807) is 0 Å². The van der Waals surface area contributed by atoms with Gasteiger partial charge in [0.25, 0.3) is 0 Å². The van der Waals surface area contributed by atoms with Gasteiger partial charge in [-0.2, -0.15) is 5.10 Å². The molecule has 84 valence electrons. The molecular formula is C11H19N3O. The first kappa shape index (κ1) is 10.6. The molecule has 1 aromatic heterocycles. The highest BCUT2D eigenvalue weighted by molar-refractivity contribution is 5.11. The van der Waals surface area contributed by atoms with Crippen LogP contribution in [-0.2, 0) is 4.74 Å². The quantitative estimate of drug-likeness (QED) is 0.816. The van der Waals surface area contributed by atoms with Crippen molar-refractivity contribution in [3.05, 3.63) is 18.0 Å². The normalized spacial score (nSPS) is 20.4. The summed E-state index contributed by atoms with van der Waals surface area (Å²) in [4.78, 5) is 0. The van der Waals surface area contributed by atoms with Gasteiger partial charge < -0.3 is 10.5 Å². The molecule has 0 radical (unpaired) electrons. The number of nitrogens with two attached hydrogens (primary N) is 1. The van der Waals surface area contributed by atoms with Crippen LogP contribution in [0.2, 0.25) is 0 Å². The third kappa shape index (κ3) is 2.38. The van der Waals surface area contributed by atoms with Crippen LogP contribution in [0.1, 0.15) is 37.3 Å². The van der Waals surface area contributed by atoms with E-state index < -0.39 is 0 Å². The average molecular weight is 209 g/mol. The third-order valence-electron chi connectivity index (χ3n) is 3.11. The predicted octanol–water partition coefficient (Wildman–Crippen LogP) is 1.30. The molecule has 0 aliphatic carbocycles. The maximum Gasteiger partial charge on any atom is 0.0563 e. The maximum absolute atomic E-state index is 5.63. The number of aromatic nitrogens is 2. The van der Waals surface area contributed by atoms with Gasteiger partial charge in [0.15, 0.2) is 0 Å². The molecule has 15 heavy (non-hydrogen) atoms. The fraction of sp³-hybridized carbons (Fsp3) is 0.727. The van der Waals surface area contributed by atoms with Crippen molar-refractivity contribution in [1.29, 1.82) is 0 Å². The van der Waals surface area contributed by atoms with Gasteiger partial charge in [-0.25, -0.2) is 0 Å². The fourth-order valence-electron chi connectivity index (χ4n) is 1.89. The molecule has 2 N–H and O–H groups in total. The number of hydrogen-bond acceptors (Lipinski definition) is 3. The third-order valence-corrected chi connectivity index (χ3v) is 3.11. The summed E-state index contributed by atoms with van der Waals surface area (Å²) < 4.78 is 7.41. The van der Waals surface area contributed by atoms with Crippen molar-refractivity contribution in [3.8, 4) is 0 Å². The van der Waals surface area contributed by atoms with Crippen LogP contribution in [0.3, 0.4) is 0 Å². The first-order valence-electron chi connectivity index (χ1n) is 5.63. The van der Waals surface area contributed by atoms with Crippen molar-refractivity contribution < 1.29 is 4.74 Å². The maximum atomic E-state index is 5.63. The molecule has 4 nitrogen and oxygen atoms in total. The molecule has 4 heteroatoms.